The van der Waals surface area contributed by atoms with Crippen LogP contribution in [0.25, 0.3) is 16.9 Å². The van der Waals surface area contributed by atoms with Crippen LogP contribution >= 0.6 is 39.3 Å². The number of imidazole rings is 1. The average Bonchev–Trinajstić information content (AvgIpc) is 3.17. The minimum Gasteiger partial charge on any atom is -0.325 e. The number of aryl methyl sites for hydroxylation is 1. The van der Waals surface area contributed by atoms with E-state index in [4.69, 9.17) is 11.6 Å². The normalized spacial score (nSPS) is 10.8. The standard InChI is InChI=1S/C24H19BrClN3OS/c1-16-5-11-21(12-6-16)29-22(17-7-9-18(25)10-8-17)14-27-24(29)31-15-23(30)28-20-4-2-3-19(26)13-20/h2-14H,15H2,1H3,(H,28,30). The summed E-state index contributed by atoms with van der Waals surface area (Å²) in [5, 5.41) is 4.21. The van der Waals surface area contributed by atoms with Gasteiger partial charge in [0.25, 0.3) is 0 Å². The summed E-state index contributed by atoms with van der Waals surface area (Å²) in [5.41, 5.74) is 4.87. The lowest BCUT2D eigenvalue weighted by Gasteiger charge is -2.13. The monoisotopic (exact) mass is 511 g/mol. The highest BCUT2D eigenvalue weighted by molar-refractivity contribution is 9.10. The second-order valence-corrected chi connectivity index (χ2v) is 9.25. The number of hydrogen-bond donors (Lipinski definition) is 1. The first kappa shape index (κ1) is 21.7. The van der Waals surface area contributed by atoms with Gasteiger partial charge < -0.3 is 5.32 Å². The zero-order valence-corrected chi connectivity index (χ0v) is 19.8. The van der Waals surface area contributed by atoms with Gasteiger partial charge in [-0.25, -0.2) is 4.98 Å². The summed E-state index contributed by atoms with van der Waals surface area (Å²) in [7, 11) is 0. The van der Waals surface area contributed by atoms with Gasteiger partial charge >= 0.3 is 0 Å². The number of benzene rings is 3. The quantitative estimate of drug-likeness (QED) is 0.283. The van der Waals surface area contributed by atoms with Crippen LogP contribution in [-0.4, -0.2) is 21.2 Å². The van der Waals surface area contributed by atoms with Crippen molar-refractivity contribution in [3.63, 3.8) is 0 Å². The van der Waals surface area contributed by atoms with E-state index in [1.807, 2.05) is 36.5 Å². The van der Waals surface area contributed by atoms with Crippen LogP contribution in [0.4, 0.5) is 5.69 Å². The zero-order valence-electron chi connectivity index (χ0n) is 16.7. The lowest BCUT2D eigenvalue weighted by Crippen LogP contribution is -2.14. The van der Waals surface area contributed by atoms with E-state index in [1.165, 1.54) is 17.3 Å². The fourth-order valence-corrected chi connectivity index (χ4v) is 4.34. The first-order valence-corrected chi connectivity index (χ1v) is 11.7. The molecule has 0 radical (unpaired) electrons. The Morgan fingerprint density at radius 3 is 2.55 bits per heavy atom. The van der Waals surface area contributed by atoms with Crippen molar-refractivity contribution in [2.24, 2.45) is 0 Å². The van der Waals surface area contributed by atoms with Gasteiger partial charge in [-0.15, -0.1) is 0 Å². The number of carbonyl (C=O) groups excluding carboxylic acids is 1. The predicted molar refractivity (Wildman–Crippen MR) is 132 cm³/mol. The average molecular weight is 513 g/mol. The van der Waals surface area contributed by atoms with Gasteiger partial charge in [-0.3, -0.25) is 9.36 Å². The van der Waals surface area contributed by atoms with Gasteiger partial charge in [0.15, 0.2) is 5.16 Å². The van der Waals surface area contributed by atoms with Crippen molar-refractivity contribution in [1.82, 2.24) is 9.55 Å². The number of thioether (sulfide) groups is 1. The first-order chi connectivity index (χ1) is 15.0. The second-order valence-electron chi connectivity index (χ2n) is 6.95. The highest BCUT2D eigenvalue weighted by Crippen LogP contribution is 2.31. The van der Waals surface area contributed by atoms with Crippen molar-refractivity contribution in [2.75, 3.05) is 11.1 Å². The van der Waals surface area contributed by atoms with E-state index >= 15 is 0 Å². The van der Waals surface area contributed by atoms with E-state index in [0.717, 1.165) is 26.6 Å². The second kappa shape index (κ2) is 9.73. The molecule has 1 N–H and O–H groups in total. The molecule has 31 heavy (non-hydrogen) atoms. The summed E-state index contributed by atoms with van der Waals surface area (Å²) < 4.78 is 3.10. The van der Waals surface area contributed by atoms with Crippen LogP contribution in [0.15, 0.2) is 88.6 Å². The van der Waals surface area contributed by atoms with Gasteiger partial charge in [0.2, 0.25) is 5.91 Å². The number of aromatic nitrogens is 2. The molecule has 0 fully saturated rings. The molecular weight excluding hydrogens is 494 g/mol. The fourth-order valence-electron chi connectivity index (χ4n) is 3.10. The number of rotatable bonds is 6. The number of amides is 1. The molecule has 7 heteroatoms. The first-order valence-electron chi connectivity index (χ1n) is 9.58. The molecule has 0 saturated carbocycles. The molecule has 3 aromatic carbocycles. The van der Waals surface area contributed by atoms with E-state index in [9.17, 15) is 4.79 Å². The topological polar surface area (TPSA) is 46.9 Å². The molecule has 0 bridgehead atoms. The molecule has 4 nitrogen and oxygen atoms in total. The molecule has 4 aromatic rings. The molecule has 156 valence electrons. The van der Waals surface area contributed by atoms with Gasteiger partial charge in [-0.2, -0.15) is 0 Å². The minimum atomic E-state index is -0.115. The van der Waals surface area contributed by atoms with E-state index in [-0.39, 0.29) is 11.7 Å². The molecule has 1 heterocycles. The summed E-state index contributed by atoms with van der Waals surface area (Å²) in [4.78, 5) is 17.1. The Hall–Kier alpha value is -2.54. The Morgan fingerprint density at radius 1 is 1.10 bits per heavy atom. The van der Waals surface area contributed by atoms with E-state index in [2.05, 4.69) is 62.0 Å². The Morgan fingerprint density at radius 2 is 1.84 bits per heavy atom. The maximum atomic E-state index is 12.5. The summed E-state index contributed by atoms with van der Waals surface area (Å²) in [6, 6.07) is 23.5. The van der Waals surface area contributed by atoms with Crippen LogP contribution in [-0.2, 0) is 4.79 Å². The number of halogens is 2. The summed E-state index contributed by atoms with van der Waals surface area (Å²) >= 11 is 10.9. The summed E-state index contributed by atoms with van der Waals surface area (Å²) in [6.45, 7) is 2.06. The predicted octanol–water partition coefficient (Wildman–Crippen LogP) is 6.99. The lowest BCUT2D eigenvalue weighted by atomic mass is 10.1. The summed E-state index contributed by atoms with van der Waals surface area (Å²) in [5.74, 6) is 0.116. The molecule has 0 saturated heterocycles. The van der Waals surface area contributed by atoms with Crippen molar-refractivity contribution in [1.29, 1.82) is 0 Å². The van der Waals surface area contributed by atoms with Crippen molar-refractivity contribution in [2.45, 2.75) is 12.1 Å². The Bertz CT molecular complexity index is 1210. The Balaban J connectivity index is 1.60. The third-order valence-electron chi connectivity index (χ3n) is 4.60. The SMILES string of the molecule is Cc1ccc(-n2c(-c3ccc(Br)cc3)cnc2SCC(=O)Nc2cccc(Cl)c2)cc1. The highest BCUT2D eigenvalue weighted by Gasteiger charge is 2.16. The van der Waals surface area contributed by atoms with E-state index in [1.54, 1.807) is 18.2 Å². The van der Waals surface area contributed by atoms with Crippen LogP contribution < -0.4 is 5.32 Å². The lowest BCUT2D eigenvalue weighted by molar-refractivity contribution is -0.113. The number of hydrogen-bond acceptors (Lipinski definition) is 3. The van der Waals surface area contributed by atoms with Gasteiger partial charge in [0, 0.05) is 26.4 Å². The molecule has 1 amide bonds. The van der Waals surface area contributed by atoms with Crippen LogP contribution in [0.5, 0.6) is 0 Å². The van der Waals surface area contributed by atoms with Crippen molar-refractivity contribution < 1.29 is 4.79 Å². The molecule has 0 unspecified atom stereocenters. The highest BCUT2D eigenvalue weighted by atomic mass is 79.9. The van der Waals surface area contributed by atoms with E-state index in [0.29, 0.717) is 10.7 Å². The fraction of sp³-hybridized carbons (Fsp3) is 0.0833. The largest absolute Gasteiger partial charge is 0.325 e. The Kier molecular flexibility index (Phi) is 6.80. The molecule has 0 spiro atoms. The van der Waals surface area contributed by atoms with E-state index < -0.39 is 0 Å². The van der Waals surface area contributed by atoms with Crippen LogP contribution in [0.2, 0.25) is 5.02 Å². The molecular formula is C24H19BrClN3OS. The number of nitrogens with zero attached hydrogens (tertiary/aromatic N) is 2. The van der Waals surface area contributed by atoms with Gasteiger partial charge in [-0.05, 0) is 49.4 Å². The molecule has 0 atom stereocenters. The van der Waals surface area contributed by atoms with Gasteiger partial charge in [0.1, 0.15) is 0 Å². The van der Waals surface area contributed by atoms with Gasteiger partial charge in [0.05, 0.1) is 17.6 Å². The van der Waals surface area contributed by atoms with Crippen LogP contribution in [0.1, 0.15) is 5.56 Å². The summed E-state index contributed by atoms with van der Waals surface area (Å²) in [6.07, 6.45) is 1.85. The smallest absolute Gasteiger partial charge is 0.234 e. The molecule has 1 aromatic heterocycles. The maximum Gasteiger partial charge on any atom is 0.234 e. The number of nitrogens with one attached hydrogen (secondary N) is 1. The molecule has 0 aliphatic carbocycles. The molecule has 0 aliphatic rings. The maximum absolute atomic E-state index is 12.5. The Labute approximate surface area is 198 Å². The zero-order chi connectivity index (χ0) is 21.8. The van der Waals surface area contributed by atoms with Crippen LogP contribution in [0.3, 0.4) is 0 Å². The van der Waals surface area contributed by atoms with Crippen molar-refractivity contribution in [3.05, 3.63) is 94.1 Å². The third-order valence-corrected chi connectivity index (χ3v) is 6.32. The minimum absolute atomic E-state index is 0.115. The van der Waals surface area contributed by atoms with Gasteiger partial charge in [-0.1, -0.05) is 75.2 Å². The third kappa shape index (κ3) is 5.39. The van der Waals surface area contributed by atoms with Crippen LogP contribution in [0, 0.1) is 6.92 Å². The van der Waals surface area contributed by atoms with Crippen molar-refractivity contribution in [3.8, 4) is 16.9 Å². The van der Waals surface area contributed by atoms with Crippen molar-refractivity contribution >= 4 is 50.9 Å². The number of carbonyl (C=O) groups is 1. The molecule has 0 aliphatic heterocycles. The molecule has 4 rings (SSSR count). The number of anilines is 1.